The molecular formula is C15H8BrNO5. The van der Waals surface area contributed by atoms with Crippen molar-refractivity contribution >= 4 is 33.3 Å². The summed E-state index contributed by atoms with van der Waals surface area (Å²) in [7, 11) is 0. The molecule has 0 aliphatic heterocycles. The maximum Gasteiger partial charge on any atom is 0.258 e. The van der Waals surface area contributed by atoms with E-state index in [2.05, 4.69) is 15.9 Å². The summed E-state index contributed by atoms with van der Waals surface area (Å²) in [5, 5.41) is 11.1. The van der Waals surface area contributed by atoms with Crippen molar-refractivity contribution in [2.24, 2.45) is 5.92 Å². The van der Waals surface area contributed by atoms with Gasteiger partial charge < -0.3 is 0 Å². The van der Waals surface area contributed by atoms with Gasteiger partial charge in [-0.05, 0) is 0 Å². The summed E-state index contributed by atoms with van der Waals surface area (Å²) < 4.78 is 0. The van der Waals surface area contributed by atoms with Crippen molar-refractivity contribution in [2.75, 3.05) is 5.33 Å². The molecule has 0 saturated carbocycles. The number of benzene rings is 1. The molecule has 0 radical (unpaired) electrons. The van der Waals surface area contributed by atoms with E-state index in [1.54, 1.807) is 12.1 Å². The highest BCUT2D eigenvalue weighted by Crippen LogP contribution is 2.35. The highest BCUT2D eigenvalue weighted by molar-refractivity contribution is 9.09. The number of Topliss-reactive ketones (excluding diaryl/α,β-unsaturated/α-hetero) is 3. The first-order valence-corrected chi connectivity index (χ1v) is 7.48. The van der Waals surface area contributed by atoms with Crippen LogP contribution in [0.25, 0.3) is 0 Å². The first kappa shape index (κ1) is 14.5. The van der Waals surface area contributed by atoms with Crippen molar-refractivity contribution < 1.29 is 19.3 Å². The van der Waals surface area contributed by atoms with Crippen molar-refractivity contribution in [1.29, 1.82) is 0 Å². The monoisotopic (exact) mass is 361 g/mol. The quantitative estimate of drug-likeness (QED) is 0.348. The number of halogens is 1. The zero-order valence-electron chi connectivity index (χ0n) is 11.0. The van der Waals surface area contributed by atoms with Gasteiger partial charge >= 0.3 is 0 Å². The van der Waals surface area contributed by atoms with E-state index in [9.17, 15) is 24.5 Å². The Morgan fingerprint density at radius 2 is 1.68 bits per heavy atom. The van der Waals surface area contributed by atoms with Crippen LogP contribution in [0.5, 0.6) is 0 Å². The fraction of sp³-hybridized carbons (Fsp3) is 0.133. The fourth-order valence-electron chi connectivity index (χ4n) is 2.66. The molecule has 3 rings (SSSR count). The molecule has 0 fully saturated rings. The van der Waals surface area contributed by atoms with E-state index in [-0.39, 0.29) is 33.3 Å². The lowest BCUT2D eigenvalue weighted by atomic mass is 9.76. The Morgan fingerprint density at radius 3 is 2.23 bits per heavy atom. The highest BCUT2D eigenvalue weighted by Gasteiger charge is 2.45. The van der Waals surface area contributed by atoms with Gasteiger partial charge in [-0.1, -0.05) is 40.2 Å². The lowest BCUT2D eigenvalue weighted by molar-refractivity contribution is -0.431. The minimum absolute atomic E-state index is 0.0124. The van der Waals surface area contributed by atoms with E-state index >= 15 is 0 Å². The molecule has 7 heteroatoms. The summed E-state index contributed by atoms with van der Waals surface area (Å²) in [5.74, 6) is -2.85. The second-order valence-electron chi connectivity index (χ2n) is 4.89. The third-order valence-electron chi connectivity index (χ3n) is 3.73. The lowest BCUT2D eigenvalue weighted by Gasteiger charge is -2.24. The third kappa shape index (κ3) is 1.89. The molecule has 2 aliphatic carbocycles. The average molecular weight is 362 g/mol. The van der Waals surface area contributed by atoms with Crippen LogP contribution in [0, 0.1) is 16.0 Å². The smallest absolute Gasteiger partial charge is 0.258 e. The molecule has 0 heterocycles. The van der Waals surface area contributed by atoms with Gasteiger partial charge in [-0.3, -0.25) is 24.5 Å². The molecule has 6 nitrogen and oxygen atoms in total. The third-order valence-corrected chi connectivity index (χ3v) is 4.38. The van der Waals surface area contributed by atoms with Crippen molar-refractivity contribution in [3.05, 3.63) is 68.4 Å². The lowest BCUT2D eigenvalue weighted by Crippen LogP contribution is -2.35. The number of carbonyl (C=O) groups is 3. The maximum atomic E-state index is 12.5. The van der Waals surface area contributed by atoms with Crippen LogP contribution in [0.1, 0.15) is 20.7 Å². The van der Waals surface area contributed by atoms with E-state index in [0.717, 1.165) is 6.08 Å². The molecule has 1 aromatic rings. The van der Waals surface area contributed by atoms with Gasteiger partial charge in [-0.2, -0.15) is 0 Å². The number of alkyl halides is 1. The number of hydrogen-bond donors (Lipinski definition) is 0. The molecule has 110 valence electrons. The maximum absolute atomic E-state index is 12.5. The van der Waals surface area contributed by atoms with Crippen LogP contribution in [-0.4, -0.2) is 27.6 Å². The number of rotatable bonds is 2. The zero-order valence-corrected chi connectivity index (χ0v) is 12.6. The molecular weight excluding hydrogens is 354 g/mol. The number of fused-ring (bicyclic) bond motifs is 1. The Morgan fingerprint density at radius 1 is 1.09 bits per heavy atom. The zero-order chi connectivity index (χ0) is 16.0. The van der Waals surface area contributed by atoms with Gasteiger partial charge in [0.2, 0.25) is 0 Å². The Kier molecular flexibility index (Phi) is 3.37. The summed E-state index contributed by atoms with van der Waals surface area (Å²) in [5.41, 5.74) is -0.487. The normalized spacial score (nSPS) is 20.5. The van der Waals surface area contributed by atoms with E-state index in [4.69, 9.17) is 0 Å². The largest absolute Gasteiger partial charge is 0.293 e. The minimum Gasteiger partial charge on any atom is -0.293 e. The van der Waals surface area contributed by atoms with E-state index < -0.39 is 28.2 Å². The van der Waals surface area contributed by atoms with Gasteiger partial charge in [-0.25, -0.2) is 0 Å². The van der Waals surface area contributed by atoms with Crippen molar-refractivity contribution in [3.63, 3.8) is 0 Å². The van der Waals surface area contributed by atoms with Crippen LogP contribution in [-0.2, 0) is 4.79 Å². The number of nitrogens with zero attached hydrogens (tertiary/aromatic N) is 1. The molecule has 0 spiro atoms. The molecule has 0 bridgehead atoms. The second-order valence-corrected chi connectivity index (χ2v) is 5.54. The summed E-state index contributed by atoms with van der Waals surface area (Å²) in [4.78, 5) is 47.9. The van der Waals surface area contributed by atoms with Crippen LogP contribution < -0.4 is 0 Å². The number of hydrogen-bond acceptors (Lipinski definition) is 5. The molecule has 1 unspecified atom stereocenters. The van der Waals surface area contributed by atoms with Gasteiger partial charge in [-0.15, -0.1) is 0 Å². The van der Waals surface area contributed by atoms with E-state index in [0.29, 0.717) is 0 Å². The van der Waals surface area contributed by atoms with Crippen LogP contribution in [0.15, 0.2) is 47.2 Å². The first-order valence-electron chi connectivity index (χ1n) is 6.36. The Balaban J connectivity index is 2.27. The standard InChI is InChI=1S/C15H8BrNO5/c16-6-10-11(17(21)22)5-9-12(15(10)20)14(19)8-4-2-1-3-7(8)13(9)18/h1-5,10H,6H2. The molecule has 0 saturated heterocycles. The SMILES string of the molecule is O=C1C2=C(C(=O)c3ccccc31)C(=O)C(CBr)C([N+](=O)[O-])=C2. The Labute approximate surface area is 132 Å². The van der Waals surface area contributed by atoms with Gasteiger partial charge in [0.1, 0.15) is 5.92 Å². The predicted molar refractivity (Wildman–Crippen MR) is 79.5 cm³/mol. The van der Waals surface area contributed by atoms with Gasteiger partial charge in [0, 0.05) is 28.1 Å². The molecule has 0 amide bonds. The molecule has 1 aromatic carbocycles. The molecule has 0 N–H and O–H groups in total. The highest BCUT2D eigenvalue weighted by atomic mass is 79.9. The summed E-state index contributed by atoms with van der Waals surface area (Å²) in [6.07, 6.45) is 1.05. The van der Waals surface area contributed by atoms with Crippen LogP contribution in [0.3, 0.4) is 0 Å². The fourth-order valence-corrected chi connectivity index (χ4v) is 3.29. The van der Waals surface area contributed by atoms with Crippen LogP contribution in [0.4, 0.5) is 0 Å². The molecule has 1 atom stereocenters. The van der Waals surface area contributed by atoms with Gasteiger partial charge in [0.25, 0.3) is 5.70 Å². The van der Waals surface area contributed by atoms with E-state index in [1.807, 2.05) is 0 Å². The minimum atomic E-state index is -1.07. The first-order chi connectivity index (χ1) is 10.5. The number of carbonyl (C=O) groups excluding carboxylic acids is 3. The molecule has 2 aliphatic rings. The van der Waals surface area contributed by atoms with E-state index in [1.165, 1.54) is 12.1 Å². The topological polar surface area (TPSA) is 94.3 Å². The molecule has 22 heavy (non-hydrogen) atoms. The Bertz CT molecular complexity index is 821. The summed E-state index contributed by atoms with van der Waals surface area (Å²) >= 11 is 3.06. The molecule has 0 aromatic heterocycles. The number of allylic oxidation sites excluding steroid dienone is 4. The Hall–Kier alpha value is -2.41. The summed E-state index contributed by atoms with van der Waals surface area (Å²) in [6, 6.07) is 6.14. The summed E-state index contributed by atoms with van der Waals surface area (Å²) in [6.45, 7) is 0. The van der Waals surface area contributed by atoms with Crippen LogP contribution in [0.2, 0.25) is 0 Å². The number of ketones is 3. The second kappa shape index (κ2) is 5.10. The van der Waals surface area contributed by atoms with Gasteiger partial charge in [0.05, 0.1) is 10.5 Å². The van der Waals surface area contributed by atoms with Crippen molar-refractivity contribution in [1.82, 2.24) is 0 Å². The van der Waals surface area contributed by atoms with Crippen molar-refractivity contribution in [2.45, 2.75) is 0 Å². The van der Waals surface area contributed by atoms with Crippen molar-refractivity contribution in [3.8, 4) is 0 Å². The predicted octanol–water partition coefficient (Wildman–Crippen LogP) is 2.12. The van der Waals surface area contributed by atoms with Gasteiger partial charge in [0.15, 0.2) is 17.3 Å². The average Bonchev–Trinajstić information content (AvgIpc) is 2.51. The number of nitro groups is 1. The van der Waals surface area contributed by atoms with Crippen LogP contribution >= 0.6 is 15.9 Å².